The molecule has 0 fully saturated rings. The van der Waals surface area contributed by atoms with Gasteiger partial charge in [0.2, 0.25) is 0 Å². The predicted octanol–water partition coefficient (Wildman–Crippen LogP) is 6.52. The van der Waals surface area contributed by atoms with Crippen molar-refractivity contribution in [2.24, 2.45) is 0 Å². The maximum absolute atomic E-state index is 13.3. The largest absolute Gasteiger partial charge is 0.505 e. The third-order valence-electron chi connectivity index (χ3n) is 4.94. The smallest absolute Gasteiger partial charge is 0.417 e. The molecule has 1 unspecified atom stereocenters. The fourth-order valence-corrected chi connectivity index (χ4v) is 3.64. The van der Waals surface area contributed by atoms with Crippen LogP contribution in [-0.4, -0.2) is 15.1 Å². The van der Waals surface area contributed by atoms with Gasteiger partial charge in [0.05, 0.1) is 16.6 Å². The maximum Gasteiger partial charge on any atom is 0.417 e. The minimum absolute atomic E-state index is 0.0412. The van der Waals surface area contributed by atoms with Crippen LogP contribution in [0.2, 0.25) is 5.02 Å². The Hall–Kier alpha value is -3.32. The molecule has 0 bridgehead atoms. The van der Waals surface area contributed by atoms with Crippen LogP contribution in [0.15, 0.2) is 67.0 Å². The molecule has 0 aliphatic rings. The number of fused-ring (bicyclic) bond motifs is 1. The monoisotopic (exact) mass is 443 g/mol. The fraction of sp³-hybridized carbons (Fsp3) is 0.130. The highest BCUT2D eigenvalue weighted by Crippen LogP contribution is 2.39. The lowest BCUT2D eigenvalue weighted by Crippen LogP contribution is -2.14. The second-order valence-electron chi connectivity index (χ2n) is 7.08. The average molecular weight is 444 g/mol. The summed E-state index contributed by atoms with van der Waals surface area (Å²) in [4.78, 5) is 8.42. The van der Waals surface area contributed by atoms with Crippen LogP contribution >= 0.6 is 11.6 Å². The van der Waals surface area contributed by atoms with Crippen molar-refractivity contribution in [2.75, 3.05) is 5.32 Å². The Balaban J connectivity index is 1.84. The Morgan fingerprint density at radius 3 is 2.42 bits per heavy atom. The molecule has 4 nitrogen and oxygen atoms in total. The molecule has 2 N–H and O–H groups in total. The highest BCUT2D eigenvalue weighted by molar-refractivity contribution is 6.31. The van der Waals surface area contributed by atoms with E-state index in [2.05, 4.69) is 15.3 Å². The first-order valence-corrected chi connectivity index (χ1v) is 9.74. The van der Waals surface area contributed by atoms with Gasteiger partial charge in [-0.25, -0.2) is 4.98 Å². The molecule has 158 valence electrons. The van der Waals surface area contributed by atoms with Crippen LogP contribution in [0.3, 0.4) is 0 Å². The summed E-state index contributed by atoms with van der Waals surface area (Å²) in [7, 11) is 0. The first-order chi connectivity index (χ1) is 14.7. The molecule has 0 aliphatic heterocycles. The van der Waals surface area contributed by atoms with Crippen molar-refractivity contribution in [1.82, 2.24) is 9.97 Å². The molecule has 0 radical (unpaired) electrons. The Kier molecular flexibility index (Phi) is 5.45. The van der Waals surface area contributed by atoms with Crippen molar-refractivity contribution in [3.05, 3.63) is 94.4 Å². The summed E-state index contributed by atoms with van der Waals surface area (Å²) in [6.07, 6.45) is -1.44. The summed E-state index contributed by atoms with van der Waals surface area (Å²) >= 11 is 5.75. The van der Waals surface area contributed by atoms with E-state index in [1.165, 1.54) is 12.1 Å². The minimum Gasteiger partial charge on any atom is -0.505 e. The van der Waals surface area contributed by atoms with E-state index in [0.717, 1.165) is 17.1 Å². The van der Waals surface area contributed by atoms with Crippen LogP contribution in [0, 0.1) is 6.92 Å². The second kappa shape index (κ2) is 8.07. The van der Waals surface area contributed by atoms with Crippen molar-refractivity contribution in [1.29, 1.82) is 0 Å². The van der Waals surface area contributed by atoms with E-state index in [4.69, 9.17) is 11.6 Å². The van der Waals surface area contributed by atoms with E-state index in [0.29, 0.717) is 16.6 Å². The average Bonchev–Trinajstić information content (AvgIpc) is 2.74. The normalized spacial score (nSPS) is 12.7. The van der Waals surface area contributed by atoms with Crippen LogP contribution in [0.4, 0.5) is 18.9 Å². The van der Waals surface area contributed by atoms with Crippen LogP contribution in [0.25, 0.3) is 10.9 Å². The number of rotatable bonds is 4. The van der Waals surface area contributed by atoms with Gasteiger partial charge in [0.25, 0.3) is 0 Å². The van der Waals surface area contributed by atoms with Gasteiger partial charge in [0.1, 0.15) is 11.3 Å². The van der Waals surface area contributed by atoms with Gasteiger partial charge in [-0.1, -0.05) is 29.8 Å². The van der Waals surface area contributed by atoms with Crippen molar-refractivity contribution in [3.8, 4) is 5.75 Å². The molecule has 1 atom stereocenters. The molecule has 0 aliphatic carbocycles. The number of phenols is 1. The van der Waals surface area contributed by atoms with Crippen molar-refractivity contribution < 1.29 is 18.3 Å². The van der Waals surface area contributed by atoms with E-state index < -0.39 is 17.8 Å². The minimum atomic E-state index is -4.59. The van der Waals surface area contributed by atoms with Gasteiger partial charge in [-0.05, 0) is 48.9 Å². The van der Waals surface area contributed by atoms with Gasteiger partial charge in [0, 0.05) is 34.7 Å². The first-order valence-electron chi connectivity index (χ1n) is 9.36. The molecule has 0 spiro atoms. The number of anilines is 1. The zero-order valence-corrected chi connectivity index (χ0v) is 17.0. The SMILES string of the molecule is Cc1ccc2ccc(C(Nc3ccc(Cl)c(C(F)(F)F)c3)c3ccncc3)c(O)c2n1. The number of aromatic nitrogens is 2. The summed E-state index contributed by atoms with van der Waals surface area (Å²) in [5.41, 5.74) is 1.61. The number of alkyl halides is 3. The number of pyridine rings is 2. The number of phenolic OH excluding ortho intramolecular Hbond substituents is 1. The van der Waals surface area contributed by atoms with Gasteiger partial charge in [-0.15, -0.1) is 0 Å². The highest BCUT2D eigenvalue weighted by Gasteiger charge is 2.33. The number of halogens is 4. The lowest BCUT2D eigenvalue weighted by Gasteiger charge is -2.23. The van der Waals surface area contributed by atoms with Gasteiger partial charge in [-0.2, -0.15) is 13.2 Å². The Bertz CT molecular complexity index is 1250. The molecule has 2 aromatic heterocycles. The molecule has 31 heavy (non-hydrogen) atoms. The summed E-state index contributed by atoms with van der Waals surface area (Å²) in [5, 5.41) is 14.5. The van der Waals surface area contributed by atoms with Crippen LogP contribution < -0.4 is 5.32 Å². The standard InChI is InChI=1S/C23H17ClF3N3O/c1-13-2-3-14-4-6-17(22(31)21(14)29-13)20(15-8-10-28-11-9-15)30-16-5-7-19(24)18(12-16)23(25,26)27/h2-12,20,30-31H,1H3. The molecule has 2 aromatic carbocycles. The molecule has 8 heteroatoms. The molecule has 4 rings (SSSR count). The number of aryl methyl sites for hydroxylation is 1. The van der Waals surface area contributed by atoms with Gasteiger partial charge < -0.3 is 10.4 Å². The number of hydrogen-bond acceptors (Lipinski definition) is 4. The number of benzene rings is 2. The quantitative estimate of drug-likeness (QED) is 0.377. The van der Waals surface area contributed by atoms with Crippen molar-refractivity contribution in [3.63, 3.8) is 0 Å². The van der Waals surface area contributed by atoms with Gasteiger partial charge >= 0.3 is 6.18 Å². The van der Waals surface area contributed by atoms with Gasteiger partial charge in [0.15, 0.2) is 0 Å². The molecular formula is C23H17ClF3N3O. The fourth-order valence-electron chi connectivity index (χ4n) is 3.42. The van der Waals surface area contributed by atoms with E-state index in [1.54, 1.807) is 30.6 Å². The van der Waals surface area contributed by atoms with E-state index >= 15 is 0 Å². The highest BCUT2D eigenvalue weighted by atomic mass is 35.5. The summed E-state index contributed by atoms with van der Waals surface area (Å²) in [6, 6.07) is 13.7. The molecule has 0 saturated heterocycles. The van der Waals surface area contributed by atoms with E-state index in [-0.39, 0.29) is 16.5 Å². The number of nitrogens with zero attached hydrogens (tertiary/aromatic N) is 2. The summed E-state index contributed by atoms with van der Waals surface area (Å²) in [6.45, 7) is 1.82. The van der Waals surface area contributed by atoms with Crippen LogP contribution in [-0.2, 0) is 6.18 Å². The lowest BCUT2D eigenvalue weighted by atomic mass is 9.96. The van der Waals surface area contributed by atoms with Crippen LogP contribution in [0.1, 0.15) is 28.4 Å². The van der Waals surface area contributed by atoms with Crippen LogP contribution in [0.5, 0.6) is 5.75 Å². The van der Waals surface area contributed by atoms with Crippen molar-refractivity contribution >= 4 is 28.2 Å². The third kappa shape index (κ3) is 4.27. The first kappa shape index (κ1) is 20.9. The number of nitrogens with one attached hydrogen (secondary N) is 1. The molecule has 2 heterocycles. The Morgan fingerprint density at radius 2 is 1.71 bits per heavy atom. The van der Waals surface area contributed by atoms with Crippen molar-refractivity contribution in [2.45, 2.75) is 19.1 Å². The number of hydrogen-bond donors (Lipinski definition) is 2. The zero-order chi connectivity index (χ0) is 22.2. The summed E-state index contributed by atoms with van der Waals surface area (Å²) < 4.78 is 40.0. The van der Waals surface area contributed by atoms with E-state index in [1.807, 2.05) is 25.1 Å². The van der Waals surface area contributed by atoms with Gasteiger partial charge in [-0.3, -0.25) is 4.98 Å². The second-order valence-corrected chi connectivity index (χ2v) is 7.49. The molecule has 0 amide bonds. The number of aromatic hydroxyl groups is 1. The maximum atomic E-state index is 13.3. The molecular weight excluding hydrogens is 427 g/mol. The Morgan fingerprint density at radius 1 is 1.00 bits per heavy atom. The topological polar surface area (TPSA) is 58.0 Å². The zero-order valence-electron chi connectivity index (χ0n) is 16.3. The molecule has 0 saturated carbocycles. The predicted molar refractivity (Wildman–Crippen MR) is 114 cm³/mol. The lowest BCUT2D eigenvalue weighted by molar-refractivity contribution is -0.137. The molecule has 4 aromatic rings. The Labute approximate surface area is 181 Å². The third-order valence-corrected chi connectivity index (χ3v) is 5.27. The van der Waals surface area contributed by atoms with E-state index in [9.17, 15) is 18.3 Å². The summed E-state index contributed by atoms with van der Waals surface area (Å²) in [5.74, 6) is -0.0412.